The molecule has 0 aliphatic heterocycles. The first-order valence-corrected chi connectivity index (χ1v) is 9.90. The smallest absolute Gasteiger partial charge is 0.326 e. The molecular formula is C18H29N7O8. The number of hydrogen-bond acceptors (Lipinski definition) is 9. The number of carbonyl (C=O) groups is 5. The van der Waals surface area contributed by atoms with Gasteiger partial charge in [0.1, 0.15) is 24.2 Å². The van der Waals surface area contributed by atoms with Crippen molar-refractivity contribution < 1.29 is 39.3 Å². The van der Waals surface area contributed by atoms with Crippen molar-refractivity contribution in [3.63, 3.8) is 0 Å². The largest absolute Gasteiger partial charge is 0.480 e. The van der Waals surface area contributed by atoms with E-state index in [4.69, 9.17) is 16.6 Å². The van der Waals surface area contributed by atoms with Crippen molar-refractivity contribution in [3.05, 3.63) is 18.2 Å². The lowest BCUT2D eigenvalue weighted by Crippen LogP contribution is -2.60. The molecule has 0 aliphatic rings. The van der Waals surface area contributed by atoms with Crippen molar-refractivity contribution in [1.29, 1.82) is 0 Å². The highest BCUT2D eigenvalue weighted by molar-refractivity contribution is 5.94. The van der Waals surface area contributed by atoms with Crippen LogP contribution in [0.5, 0.6) is 0 Å². The minimum Gasteiger partial charge on any atom is -0.480 e. The number of hydrogen-bond donors (Lipinski definition) is 9. The zero-order chi connectivity index (χ0) is 25.1. The number of carboxylic acid groups (broad SMARTS) is 1. The molecule has 5 unspecified atom stereocenters. The van der Waals surface area contributed by atoms with Gasteiger partial charge in [0.25, 0.3) is 0 Å². The van der Waals surface area contributed by atoms with Gasteiger partial charge in [-0.15, -0.1) is 0 Å². The van der Waals surface area contributed by atoms with E-state index in [2.05, 4.69) is 25.9 Å². The number of nitrogens with one attached hydrogen (secondary N) is 4. The van der Waals surface area contributed by atoms with Gasteiger partial charge in [0.15, 0.2) is 0 Å². The predicted molar refractivity (Wildman–Crippen MR) is 111 cm³/mol. The Morgan fingerprint density at radius 3 is 2.21 bits per heavy atom. The van der Waals surface area contributed by atoms with E-state index in [9.17, 15) is 34.2 Å². The van der Waals surface area contributed by atoms with Gasteiger partial charge in [-0.25, -0.2) is 9.78 Å². The maximum absolute atomic E-state index is 12.8. The number of amides is 4. The molecule has 0 bridgehead atoms. The van der Waals surface area contributed by atoms with Crippen LogP contribution in [0.3, 0.4) is 0 Å². The van der Waals surface area contributed by atoms with Crippen LogP contribution in [0.25, 0.3) is 0 Å². The molecule has 4 amide bonds. The summed E-state index contributed by atoms with van der Waals surface area (Å²) < 4.78 is 0. The van der Waals surface area contributed by atoms with Crippen molar-refractivity contribution in [3.8, 4) is 0 Å². The molecule has 11 N–H and O–H groups in total. The number of aliphatic carboxylic acids is 1. The molecule has 33 heavy (non-hydrogen) atoms. The number of nitrogens with zero attached hydrogens (tertiary/aromatic N) is 1. The maximum atomic E-state index is 12.8. The van der Waals surface area contributed by atoms with E-state index in [-0.39, 0.29) is 19.3 Å². The Labute approximate surface area is 188 Å². The second-order valence-electron chi connectivity index (χ2n) is 7.26. The lowest BCUT2D eigenvalue weighted by Gasteiger charge is -2.26. The Kier molecular flexibility index (Phi) is 10.9. The topological polar surface area (TPSA) is 263 Å². The highest BCUT2D eigenvalue weighted by Gasteiger charge is 2.32. The van der Waals surface area contributed by atoms with Gasteiger partial charge in [-0.3, -0.25) is 19.2 Å². The average molecular weight is 471 g/mol. The number of aliphatic hydroxyl groups is 2. The number of nitrogens with two attached hydrogens (primary N) is 2. The number of carbonyl (C=O) groups excluding carboxylic acids is 4. The number of aliphatic hydroxyl groups excluding tert-OH is 2. The van der Waals surface area contributed by atoms with Crippen LogP contribution in [-0.4, -0.2) is 91.8 Å². The van der Waals surface area contributed by atoms with Gasteiger partial charge in [0.05, 0.1) is 19.0 Å². The van der Waals surface area contributed by atoms with E-state index in [1.807, 2.05) is 0 Å². The molecule has 1 heterocycles. The molecule has 0 saturated carbocycles. The van der Waals surface area contributed by atoms with Crippen molar-refractivity contribution in [2.45, 2.75) is 56.5 Å². The summed E-state index contributed by atoms with van der Waals surface area (Å²) >= 11 is 0. The zero-order valence-corrected chi connectivity index (χ0v) is 17.9. The summed E-state index contributed by atoms with van der Waals surface area (Å²) in [5.74, 6) is -4.95. The van der Waals surface area contributed by atoms with Crippen LogP contribution < -0.4 is 27.4 Å². The average Bonchev–Trinajstić information content (AvgIpc) is 3.25. The summed E-state index contributed by atoms with van der Waals surface area (Å²) in [7, 11) is 0. The van der Waals surface area contributed by atoms with E-state index in [1.165, 1.54) is 19.4 Å². The molecule has 1 aromatic heterocycles. The SMILES string of the molecule is CC(O)C(NC(=O)C(N)CO)C(=O)NC(Cc1cnc[nH]1)C(=O)NC(CCC(N)=O)C(=O)O. The fourth-order valence-corrected chi connectivity index (χ4v) is 2.65. The predicted octanol–water partition coefficient (Wildman–Crippen LogP) is -4.54. The first-order valence-electron chi connectivity index (χ1n) is 9.90. The summed E-state index contributed by atoms with van der Waals surface area (Å²) in [4.78, 5) is 66.4. The summed E-state index contributed by atoms with van der Waals surface area (Å²) in [5.41, 5.74) is 10.8. The Bertz CT molecular complexity index is 830. The second-order valence-corrected chi connectivity index (χ2v) is 7.26. The van der Waals surface area contributed by atoms with E-state index in [1.54, 1.807) is 0 Å². The zero-order valence-electron chi connectivity index (χ0n) is 17.9. The molecule has 0 spiro atoms. The molecule has 0 fully saturated rings. The molecule has 15 nitrogen and oxygen atoms in total. The van der Waals surface area contributed by atoms with Gasteiger partial charge in [-0.05, 0) is 13.3 Å². The van der Waals surface area contributed by atoms with Gasteiger partial charge in [-0.2, -0.15) is 0 Å². The molecule has 0 saturated heterocycles. The number of rotatable bonds is 14. The molecule has 5 atom stereocenters. The highest BCUT2D eigenvalue weighted by atomic mass is 16.4. The van der Waals surface area contributed by atoms with Crippen LogP contribution in [0.15, 0.2) is 12.5 Å². The molecule has 1 aromatic rings. The first-order chi connectivity index (χ1) is 15.5. The van der Waals surface area contributed by atoms with Crippen molar-refractivity contribution in [2.75, 3.05) is 6.61 Å². The minimum atomic E-state index is -1.53. The Morgan fingerprint density at radius 1 is 1.09 bits per heavy atom. The minimum absolute atomic E-state index is 0.142. The fourth-order valence-electron chi connectivity index (χ4n) is 2.65. The summed E-state index contributed by atoms with van der Waals surface area (Å²) in [5, 5.41) is 35.0. The molecule has 0 radical (unpaired) electrons. The van der Waals surface area contributed by atoms with Crippen molar-refractivity contribution >= 4 is 29.6 Å². The Morgan fingerprint density at radius 2 is 1.73 bits per heavy atom. The molecule has 1 rings (SSSR count). The van der Waals surface area contributed by atoms with Crippen LogP contribution in [0.1, 0.15) is 25.5 Å². The van der Waals surface area contributed by atoms with Crippen molar-refractivity contribution in [1.82, 2.24) is 25.9 Å². The number of aromatic nitrogens is 2. The van der Waals surface area contributed by atoms with Crippen LogP contribution in [-0.2, 0) is 30.4 Å². The van der Waals surface area contributed by atoms with Crippen molar-refractivity contribution in [2.24, 2.45) is 11.5 Å². The van der Waals surface area contributed by atoms with Gasteiger partial charge >= 0.3 is 5.97 Å². The fraction of sp³-hybridized carbons (Fsp3) is 0.556. The molecule has 15 heteroatoms. The summed E-state index contributed by atoms with van der Waals surface area (Å²) in [6.45, 7) is 0.510. The third-order valence-electron chi connectivity index (χ3n) is 4.50. The monoisotopic (exact) mass is 471 g/mol. The van der Waals surface area contributed by atoms with E-state index in [0.29, 0.717) is 5.69 Å². The molecule has 184 valence electrons. The van der Waals surface area contributed by atoms with Gasteiger partial charge in [0, 0.05) is 24.7 Å². The van der Waals surface area contributed by atoms with Gasteiger partial charge in [-0.1, -0.05) is 0 Å². The van der Waals surface area contributed by atoms with Gasteiger partial charge in [0.2, 0.25) is 23.6 Å². The van der Waals surface area contributed by atoms with Gasteiger partial charge < -0.3 is 47.7 Å². The van der Waals surface area contributed by atoms with Crippen LogP contribution in [0.2, 0.25) is 0 Å². The Hall–Kier alpha value is -3.56. The number of aromatic amines is 1. The van der Waals surface area contributed by atoms with Crippen LogP contribution in [0, 0.1) is 0 Å². The van der Waals surface area contributed by atoms with E-state index < -0.39 is 66.5 Å². The molecular weight excluding hydrogens is 442 g/mol. The second kappa shape index (κ2) is 13.1. The lowest BCUT2D eigenvalue weighted by molar-refractivity contribution is -0.142. The highest BCUT2D eigenvalue weighted by Crippen LogP contribution is 2.04. The standard InChI is InChI=1S/C18H29N7O8/c1-8(27)14(25-15(29)10(19)6-26)17(31)24-12(4-9-5-21-7-22-9)16(30)23-11(18(32)33)2-3-13(20)28/h5,7-8,10-12,14,26-27H,2-4,6,19H2,1H3,(H2,20,28)(H,21,22)(H,23,30)(H,24,31)(H,25,29)(H,32,33). The van der Waals surface area contributed by atoms with E-state index >= 15 is 0 Å². The third kappa shape index (κ3) is 9.22. The van der Waals surface area contributed by atoms with Crippen LogP contribution in [0.4, 0.5) is 0 Å². The number of carboxylic acids is 1. The number of H-pyrrole nitrogens is 1. The Balaban J connectivity index is 3.03. The van der Waals surface area contributed by atoms with Crippen LogP contribution >= 0.6 is 0 Å². The summed E-state index contributed by atoms with van der Waals surface area (Å²) in [6.07, 6.45) is 0.591. The third-order valence-corrected chi connectivity index (χ3v) is 4.50. The first kappa shape index (κ1) is 27.5. The lowest BCUT2D eigenvalue weighted by atomic mass is 10.1. The molecule has 0 aliphatic carbocycles. The quantitative estimate of drug-likeness (QED) is 0.125. The maximum Gasteiger partial charge on any atom is 0.326 e. The summed E-state index contributed by atoms with van der Waals surface area (Å²) in [6, 6.07) is -5.68. The molecule has 0 aromatic carbocycles. The number of imidazole rings is 1. The normalized spacial score (nSPS) is 15.4. The van der Waals surface area contributed by atoms with E-state index in [0.717, 1.165) is 0 Å². The number of primary amides is 1.